The lowest BCUT2D eigenvalue weighted by Crippen LogP contribution is -2.18. The number of furan rings is 1. The average molecular weight is 421 g/mol. The van der Waals surface area contributed by atoms with E-state index < -0.39 is 0 Å². The van der Waals surface area contributed by atoms with Gasteiger partial charge < -0.3 is 9.73 Å². The van der Waals surface area contributed by atoms with Crippen LogP contribution in [0.25, 0.3) is 22.3 Å². The van der Waals surface area contributed by atoms with Gasteiger partial charge in [-0.2, -0.15) is 10.2 Å². The number of fused-ring (bicyclic) bond motifs is 1. The van der Waals surface area contributed by atoms with Crippen LogP contribution in [-0.4, -0.2) is 30.5 Å². The number of aromatic nitrogens is 5. The second-order valence-electron chi connectivity index (χ2n) is 8.55. The summed E-state index contributed by atoms with van der Waals surface area (Å²) < 4.78 is 9.35. The van der Waals surface area contributed by atoms with Crippen molar-refractivity contribution in [2.45, 2.75) is 54.1 Å². The summed E-state index contributed by atoms with van der Waals surface area (Å²) in [6, 6.07) is 5.67. The summed E-state index contributed by atoms with van der Waals surface area (Å²) >= 11 is 0. The van der Waals surface area contributed by atoms with Gasteiger partial charge in [-0.1, -0.05) is 13.8 Å². The lowest BCUT2D eigenvalue weighted by molar-refractivity contribution is 0.102. The Labute approximate surface area is 181 Å². The summed E-state index contributed by atoms with van der Waals surface area (Å²) in [6.45, 7) is 12.8. The molecule has 1 amide bonds. The number of carbonyl (C=O) groups is 1. The van der Waals surface area contributed by atoms with Crippen molar-refractivity contribution in [1.82, 2.24) is 24.5 Å². The molecule has 31 heavy (non-hydrogen) atoms. The normalized spacial score (nSPS) is 11.7. The maximum Gasteiger partial charge on any atom is 0.257 e. The Morgan fingerprint density at radius 3 is 2.58 bits per heavy atom. The van der Waals surface area contributed by atoms with Gasteiger partial charge in [0.1, 0.15) is 17.3 Å². The first kappa shape index (κ1) is 20.8. The number of amides is 1. The summed E-state index contributed by atoms with van der Waals surface area (Å²) in [5, 5.41) is 12.5. The first-order valence-electron chi connectivity index (χ1n) is 10.5. The van der Waals surface area contributed by atoms with Crippen molar-refractivity contribution in [3.05, 3.63) is 47.7 Å². The SMILES string of the molecule is Cc1cc(-c2cc(C(=O)Nc3ccnn3CC(C)C)c3cnn(C(C)C)c3n2)c(C)o1. The van der Waals surface area contributed by atoms with Crippen LogP contribution in [0.4, 0.5) is 5.82 Å². The molecule has 4 heterocycles. The van der Waals surface area contributed by atoms with E-state index in [4.69, 9.17) is 9.40 Å². The molecular formula is C23H28N6O2. The van der Waals surface area contributed by atoms with Crippen molar-refractivity contribution >= 4 is 22.8 Å². The average Bonchev–Trinajstić information content (AvgIpc) is 3.39. The molecule has 4 rings (SSSR count). The van der Waals surface area contributed by atoms with Crippen molar-refractivity contribution in [2.24, 2.45) is 5.92 Å². The molecule has 162 valence electrons. The first-order valence-corrected chi connectivity index (χ1v) is 10.5. The molecule has 0 aliphatic carbocycles. The van der Waals surface area contributed by atoms with Gasteiger partial charge in [0, 0.05) is 24.2 Å². The number of carbonyl (C=O) groups excluding carboxylic acids is 1. The van der Waals surface area contributed by atoms with Gasteiger partial charge >= 0.3 is 0 Å². The molecule has 0 fully saturated rings. The number of nitrogens with one attached hydrogen (secondary N) is 1. The number of hydrogen-bond acceptors (Lipinski definition) is 5. The van der Waals surface area contributed by atoms with Crippen LogP contribution in [0.3, 0.4) is 0 Å². The van der Waals surface area contributed by atoms with Crippen LogP contribution < -0.4 is 5.32 Å². The lowest BCUT2D eigenvalue weighted by atomic mass is 10.1. The van der Waals surface area contributed by atoms with Gasteiger partial charge in [-0.25, -0.2) is 14.3 Å². The van der Waals surface area contributed by atoms with Gasteiger partial charge in [0.05, 0.1) is 29.0 Å². The highest BCUT2D eigenvalue weighted by Crippen LogP contribution is 2.30. The number of hydrogen-bond donors (Lipinski definition) is 1. The van der Waals surface area contributed by atoms with E-state index in [9.17, 15) is 4.79 Å². The Kier molecular flexibility index (Phi) is 5.39. The predicted octanol–water partition coefficient (Wildman–Crippen LogP) is 4.99. The van der Waals surface area contributed by atoms with Gasteiger partial charge in [0.15, 0.2) is 5.65 Å². The van der Waals surface area contributed by atoms with Crippen LogP contribution in [0.15, 0.2) is 35.0 Å². The Morgan fingerprint density at radius 1 is 1.16 bits per heavy atom. The molecule has 4 aromatic rings. The quantitative estimate of drug-likeness (QED) is 0.474. The van der Waals surface area contributed by atoms with Gasteiger partial charge in [0.2, 0.25) is 0 Å². The minimum absolute atomic E-state index is 0.107. The molecular weight excluding hydrogens is 392 g/mol. The molecule has 0 aliphatic rings. The summed E-state index contributed by atoms with van der Waals surface area (Å²) in [5.41, 5.74) is 2.74. The van der Waals surface area contributed by atoms with E-state index in [2.05, 4.69) is 29.4 Å². The molecule has 0 atom stereocenters. The molecule has 0 saturated carbocycles. The van der Waals surface area contributed by atoms with Crippen molar-refractivity contribution in [3.8, 4) is 11.3 Å². The molecule has 0 saturated heterocycles. The van der Waals surface area contributed by atoms with Crippen LogP contribution in [0, 0.1) is 19.8 Å². The smallest absolute Gasteiger partial charge is 0.257 e. The molecule has 8 heteroatoms. The van der Waals surface area contributed by atoms with Crippen LogP contribution in [0.5, 0.6) is 0 Å². The number of rotatable bonds is 6. The van der Waals surface area contributed by atoms with Crippen LogP contribution in [0.1, 0.15) is 55.6 Å². The standard InChI is InChI=1S/C23H28N6O2/c1-13(2)12-28-21(7-8-24-28)27-23(30)18-10-20(17-9-15(5)31-16(17)6)26-22-19(18)11-25-29(22)14(3)4/h7-11,13-14H,12H2,1-6H3,(H,27,30). The predicted molar refractivity (Wildman–Crippen MR) is 120 cm³/mol. The molecule has 1 N–H and O–H groups in total. The third-order valence-corrected chi connectivity index (χ3v) is 5.11. The second kappa shape index (κ2) is 8.02. The molecule has 0 unspecified atom stereocenters. The maximum atomic E-state index is 13.4. The summed E-state index contributed by atoms with van der Waals surface area (Å²) in [4.78, 5) is 18.2. The lowest BCUT2D eigenvalue weighted by Gasteiger charge is -2.13. The summed E-state index contributed by atoms with van der Waals surface area (Å²) in [7, 11) is 0. The van der Waals surface area contributed by atoms with E-state index in [-0.39, 0.29) is 11.9 Å². The molecule has 0 aliphatic heterocycles. The van der Waals surface area contributed by atoms with Crippen LogP contribution in [-0.2, 0) is 6.54 Å². The van der Waals surface area contributed by atoms with Crippen molar-refractivity contribution in [1.29, 1.82) is 0 Å². The van der Waals surface area contributed by atoms with Gasteiger partial charge in [-0.05, 0) is 45.7 Å². The molecule has 0 spiro atoms. The Balaban J connectivity index is 1.82. The van der Waals surface area contributed by atoms with Crippen molar-refractivity contribution in [2.75, 3.05) is 5.32 Å². The fourth-order valence-electron chi connectivity index (χ4n) is 3.72. The minimum atomic E-state index is -0.222. The van der Waals surface area contributed by atoms with Gasteiger partial charge in [-0.15, -0.1) is 0 Å². The highest BCUT2D eigenvalue weighted by molar-refractivity contribution is 6.12. The van der Waals surface area contributed by atoms with E-state index in [0.717, 1.165) is 23.6 Å². The fraction of sp³-hybridized carbons (Fsp3) is 0.391. The largest absolute Gasteiger partial charge is 0.466 e. The number of pyridine rings is 1. The van der Waals surface area contributed by atoms with Crippen molar-refractivity contribution in [3.63, 3.8) is 0 Å². The summed E-state index contributed by atoms with van der Waals surface area (Å²) in [5.74, 6) is 2.42. The topological polar surface area (TPSA) is 90.8 Å². The zero-order valence-electron chi connectivity index (χ0n) is 18.8. The van der Waals surface area contributed by atoms with E-state index in [1.54, 1.807) is 18.5 Å². The first-order chi connectivity index (χ1) is 14.7. The minimum Gasteiger partial charge on any atom is -0.466 e. The third kappa shape index (κ3) is 3.97. The molecule has 0 bridgehead atoms. The second-order valence-corrected chi connectivity index (χ2v) is 8.55. The highest BCUT2D eigenvalue weighted by Gasteiger charge is 2.21. The number of nitrogens with zero attached hydrogens (tertiary/aromatic N) is 5. The van der Waals surface area contributed by atoms with Gasteiger partial charge in [0.25, 0.3) is 5.91 Å². The van der Waals surface area contributed by atoms with Crippen LogP contribution in [0.2, 0.25) is 0 Å². The molecule has 4 aromatic heterocycles. The zero-order valence-corrected chi connectivity index (χ0v) is 18.8. The Bertz CT molecular complexity index is 1240. The van der Waals surface area contributed by atoms with Crippen molar-refractivity contribution < 1.29 is 9.21 Å². The van der Waals surface area contributed by atoms with Gasteiger partial charge in [-0.3, -0.25) is 4.79 Å². The molecule has 0 aromatic carbocycles. The maximum absolute atomic E-state index is 13.4. The van der Waals surface area contributed by atoms with E-state index >= 15 is 0 Å². The van der Waals surface area contributed by atoms with E-state index in [1.807, 2.05) is 49.2 Å². The van der Waals surface area contributed by atoms with E-state index in [0.29, 0.717) is 34.0 Å². The summed E-state index contributed by atoms with van der Waals surface area (Å²) in [6.07, 6.45) is 3.40. The Morgan fingerprint density at radius 2 is 1.94 bits per heavy atom. The fourth-order valence-corrected chi connectivity index (χ4v) is 3.72. The van der Waals surface area contributed by atoms with Crippen LogP contribution >= 0.6 is 0 Å². The Hall–Kier alpha value is -3.42. The monoisotopic (exact) mass is 420 g/mol. The zero-order chi connectivity index (χ0) is 22.3. The number of aryl methyl sites for hydroxylation is 2. The highest BCUT2D eigenvalue weighted by atomic mass is 16.3. The number of anilines is 1. The molecule has 0 radical (unpaired) electrons. The van der Waals surface area contributed by atoms with E-state index in [1.165, 1.54) is 0 Å². The molecule has 8 nitrogen and oxygen atoms in total. The third-order valence-electron chi connectivity index (χ3n) is 5.11.